The molecule has 0 saturated carbocycles. The molecular weight excluding hydrogens is 379 g/mol. The lowest BCUT2D eigenvalue weighted by Crippen LogP contribution is -2.40. The highest BCUT2D eigenvalue weighted by Crippen LogP contribution is 2.33. The molecule has 1 saturated heterocycles. The first kappa shape index (κ1) is 20.5. The normalized spacial score (nSPS) is 17.7. The summed E-state index contributed by atoms with van der Waals surface area (Å²) in [7, 11) is -3.65. The van der Waals surface area contributed by atoms with E-state index in [2.05, 4.69) is 4.72 Å². The van der Waals surface area contributed by atoms with Gasteiger partial charge in [-0.1, -0.05) is 12.1 Å². The largest absolute Gasteiger partial charge is 0.332 e. The van der Waals surface area contributed by atoms with E-state index in [1.54, 1.807) is 49.9 Å². The second-order valence-corrected chi connectivity index (χ2v) is 9.77. The van der Waals surface area contributed by atoms with Gasteiger partial charge < -0.3 is 4.90 Å². The monoisotopic (exact) mass is 404 g/mol. The van der Waals surface area contributed by atoms with E-state index in [-0.39, 0.29) is 22.7 Å². The fourth-order valence-electron chi connectivity index (χ4n) is 3.45. The van der Waals surface area contributed by atoms with Gasteiger partial charge in [-0.25, -0.2) is 17.5 Å². The van der Waals surface area contributed by atoms with Crippen molar-refractivity contribution in [2.24, 2.45) is 0 Å². The molecule has 0 bridgehead atoms. The number of amides is 1. The molecule has 28 heavy (non-hydrogen) atoms. The van der Waals surface area contributed by atoms with Crippen LogP contribution in [0.15, 0.2) is 53.4 Å². The molecule has 7 heteroatoms. The van der Waals surface area contributed by atoms with Crippen molar-refractivity contribution in [2.45, 2.75) is 50.1 Å². The van der Waals surface area contributed by atoms with Crippen LogP contribution in [-0.2, 0) is 10.0 Å². The molecule has 1 N–H and O–H groups in total. The van der Waals surface area contributed by atoms with Crippen molar-refractivity contribution in [1.29, 1.82) is 0 Å². The lowest BCUT2D eigenvalue weighted by Gasteiger charge is -2.25. The first-order valence-electron chi connectivity index (χ1n) is 9.27. The Kier molecular flexibility index (Phi) is 5.59. The summed E-state index contributed by atoms with van der Waals surface area (Å²) in [5, 5.41) is 0. The second-order valence-electron chi connectivity index (χ2n) is 8.09. The molecule has 1 amide bonds. The Bertz CT molecular complexity index is 949. The summed E-state index contributed by atoms with van der Waals surface area (Å²) in [6.07, 6.45) is 1.69. The van der Waals surface area contributed by atoms with Gasteiger partial charge in [0.15, 0.2) is 0 Å². The molecule has 0 aliphatic carbocycles. The summed E-state index contributed by atoms with van der Waals surface area (Å²) < 4.78 is 40.6. The summed E-state index contributed by atoms with van der Waals surface area (Å²) >= 11 is 0. The van der Waals surface area contributed by atoms with Crippen LogP contribution >= 0.6 is 0 Å². The number of benzene rings is 2. The molecule has 0 aromatic heterocycles. The number of rotatable bonds is 4. The van der Waals surface area contributed by atoms with Crippen LogP contribution in [-0.4, -0.2) is 31.3 Å². The quantitative estimate of drug-likeness (QED) is 0.841. The standard InChI is InChI=1S/C21H25FN2O3S/c1-21(2,3)23-28(26,27)18-12-8-16(9-13-18)20(25)24-14-4-5-19(24)15-6-10-17(22)11-7-15/h6-13,19,23H,4-5,14H2,1-3H3. The van der Waals surface area contributed by atoms with Gasteiger partial charge in [0.2, 0.25) is 10.0 Å². The number of nitrogens with one attached hydrogen (secondary N) is 1. The number of nitrogens with zero attached hydrogens (tertiary/aromatic N) is 1. The third-order valence-corrected chi connectivity index (χ3v) is 6.39. The Labute approximate surface area is 165 Å². The number of hydrogen-bond acceptors (Lipinski definition) is 3. The molecule has 150 valence electrons. The van der Waals surface area contributed by atoms with Gasteiger partial charge in [-0.3, -0.25) is 4.79 Å². The lowest BCUT2D eigenvalue weighted by molar-refractivity contribution is 0.0735. The van der Waals surface area contributed by atoms with Crippen molar-refractivity contribution in [3.05, 3.63) is 65.5 Å². The Hall–Kier alpha value is -2.25. The highest BCUT2D eigenvalue weighted by Gasteiger charge is 2.31. The summed E-state index contributed by atoms with van der Waals surface area (Å²) in [5.74, 6) is -0.458. The number of hydrogen-bond donors (Lipinski definition) is 1. The number of carbonyl (C=O) groups excluding carboxylic acids is 1. The Morgan fingerprint density at radius 1 is 1.07 bits per heavy atom. The number of carbonyl (C=O) groups is 1. The van der Waals surface area contributed by atoms with Gasteiger partial charge in [0.25, 0.3) is 5.91 Å². The predicted octanol–water partition coefficient (Wildman–Crippen LogP) is 3.88. The number of likely N-dealkylation sites (tertiary alicyclic amines) is 1. The van der Waals surface area contributed by atoms with Gasteiger partial charge in [-0.05, 0) is 75.6 Å². The molecule has 1 unspecified atom stereocenters. The van der Waals surface area contributed by atoms with Crippen LogP contribution in [0.1, 0.15) is 55.6 Å². The van der Waals surface area contributed by atoms with Crippen molar-refractivity contribution in [2.75, 3.05) is 6.54 Å². The zero-order valence-corrected chi connectivity index (χ0v) is 17.1. The number of halogens is 1. The maximum Gasteiger partial charge on any atom is 0.254 e. The van der Waals surface area contributed by atoms with Crippen LogP contribution in [0.5, 0.6) is 0 Å². The zero-order valence-electron chi connectivity index (χ0n) is 16.3. The fourth-order valence-corrected chi connectivity index (χ4v) is 4.86. The Morgan fingerprint density at radius 3 is 2.25 bits per heavy atom. The predicted molar refractivity (Wildman–Crippen MR) is 106 cm³/mol. The molecule has 1 atom stereocenters. The molecular formula is C21H25FN2O3S. The molecule has 0 radical (unpaired) electrons. The van der Waals surface area contributed by atoms with E-state index in [4.69, 9.17) is 0 Å². The van der Waals surface area contributed by atoms with E-state index in [9.17, 15) is 17.6 Å². The maximum absolute atomic E-state index is 13.2. The average molecular weight is 405 g/mol. The summed E-state index contributed by atoms with van der Waals surface area (Å²) in [6, 6.07) is 12.1. The van der Waals surface area contributed by atoms with Gasteiger partial charge >= 0.3 is 0 Å². The van der Waals surface area contributed by atoms with Crippen LogP contribution in [0.2, 0.25) is 0 Å². The summed E-state index contributed by atoms with van der Waals surface area (Å²) in [4.78, 5) is 14.9. The van der Waals surface area contributed by atoms with Crippen molar-refractivity contribution >= 4 is 15.9 Å². The van der Waals surface area contributed by atoms with Crippen molar-refractivity contribution in [3.8, 4) is 0 Å². The van der Waals surface area contributed by atoms with E-state index in [1.165, 1.54) is 24.3 Å². The van der Waals surface area contributed by atoms with Crippen LogP contribution in [0.3, 0.4) is 0 Å². The highest BCUT2D eigenvalue weighted by atomic mass is 32.2. The minimum atomic E-state index is -3.65. The van der Waals surface area contributed by atoms with Gasteiger partial charge in [-0.2, -0.15) is 0 Å². The molecule has 1 aliphatic rings. The second kappa shape index (κ2) is 7.64. The van der Waals surface area contributed by atoms with Gasteiger partial charge in [-0.15, -0.1) is 0 Å². The van der Waals surface area contributed by atoms with Crippen LogP contribution in [0, 0.1) is 5.82 Å². The minimum absolute atomic E-state index is 0.0981. The molecule has 1 heterocycles. The van der Waals surface area contributed by atoms with E-state index in [0.717, 1.165) is 18.4 Å². The first-order chi connectivity index (χ1) is 13.1. The lowest BCUT2D eigenvalue weighted by atomic mass is 10.0. The van der Waals surface area contributed by atoms with Crippen molar-refractivity contribution in [3.63, 3.8) is 0 Å². The summed E-state index contributed by atoms with van der Waals surface area (Å²) in [5.41, 5.74) is 0.746. The third kappa shape index (κ3) is 4.59. The molecule has 5 nitrogen and oxygen atoms in total. The topological polar surface area (TPSA) is 66.5 Å². The Morgan fingerprint density at radius 2 is 1.68 bits per heavy atom. The molecule has 0 spiro atoms. The first-order valence-corrected chi connectivity index (χ1v) is 10.8. The van der Waals surface area contributed by atoms with E-state index >= 15 is 0 Å². The van der Waals surface area contributed by atoms with Gasteiger partial charge in [0.05, 0.1) is 10.9 Å². The third-order valence-electron chi connectivity index (χ3n) is 4.62. The van der Waals surface area contributed by atoms with Crippen LogP contribution in [0.4, 0.5) is 4.39 Å². The van der Waals surface area contributed by atoms with Gasteiger partial charge in [0, 0.05) is 17.6 Å². The average Bonchev–Trinajstić information content (AvgIpc) is 3.09. The molecule has 1 fully saturated rings. The molecule has 3 rings (SSSR count). The molecule has 1 aliphatic heterocycles. The summed E-state index contributed by atoms with van der Waals surface area (Å²) in [6.45, 7) is 5.93. The van der Waals surface area contributed by atoms with E-state index < -0.39 is 15.6 Å². The zero-order chi connectivity index (χ0) is 20.5. The van der Waals surface area contributed by atoms with Crippen molar-refractivity contribution in [1.82, 2.24) is 9.62 Å². The smallest absolute Gasteiger partial charge is 0.254 e. The highest BCUT2D eigenvalue weighted by molar-refractivity contribution is 7.89. The van der Waals surface area contributed by atoms with Gasteiger partial charge in [0.1, 0.15) is 5.82 Å². The number of sulfonamides is 1. The van der Waals surface area contributed by atoms with Crippen molar-refractivity contribution < 1.29 is 17.6 Å². The SMILES string of the molecule is CC(C)(C)NS(=O)(=O)c1ccc(C(=O)N2CCCC2c2ccc(F)cc2)cc1. The van der Waals surface area contributed by atoms with E-state index in [1.807, 2.05) is 0 Å². The van der Waals surface area contributed by atoms with Crippen LogP contribution < -0.4 is 4.72 Å². The molecule has 2 aromatic rings. The van der Waals surface area contributed by atoms with Crippen LogP contribution in [0.25, 0.3) is 0 Å². The Balaban J connectivity index is 1.80. The fraction of sp³-hybridized carbons (Fsp3) is 0.381. The minimum Gasteiger partial charge on any atom is -0.332 e. The molecule has 2 aromatic carbocycles. The maximum atomic E-state index is 13.2. The van der Waals surface area contributed by atoms with E-state index in [0.29, 0.717) is 12.1 Å².